The van der Waals surface area contributed by atoms with Crippen LogP contribution in [0.2, 0.25) is 13.3 Å². The molecule has 4 heteroatoms. The number of rotatable bonds is 15. The summed E-state index contributed by atoms with van der Waals surface area (Å²) in [5.41, 5.74) is 0.678. The Morgan fingerprint density at radius 2 is 1.42 bits per heavy atom. The van der Waals surface area contributed by atoms with Gasteiger partial charge in [0.15, 0.2) is 0 Å². The van der Waals surface area contributed by atoms with E-state index in [4.69, 9.17) is 4.74 Å². The van der Waals surface area contributed by atoms with E-state index < -0.39 is 23.8 Å². The molecule has 2 rings (SSSR count). The first-order valence-corrected chi connectivity index (χ1v) is 21.0. The van der Waals surface area contributed by atoms with E-state index in [-0.39, 0.29) is 11.8 Å². The van der Waals surface area contributed by atoms with E-state index in [1.165, 1.54) is 51.8 Å². The zero-order chi connectivity index (χ0) is 24.3. The molecular weight excluding hydrogens is 515 g/mol. The summed E-state index contributed by atoms with van der Waals surface area (Å²) in [6, 6.07) is 9.42. The third kappa shape index (κ3) is 6.13. The van der Waals surface area contributed by atoms with Gasteiger partial charge in [0.1, 0.15) is 0 Å². The first-order valence-electron chi connectivity index (χ1n) is 13.5. The molecule has 1 aliphatic carbocycles. The molecule has 1 unspecified atom stereocenters. The molecule has 0 fully saturated rings. The number of esters is 1. The van der Waals surface area contributed by atoms with Crippen LogP contribution in [0.4, 0.5) is 0 Å². The van der Waals surface area contributed by atoms with Gasteiger partial charge in [-0.2, -0.15) is 0 Å². The van der Waals surface area contributed by atoms with Crippen LogP contribution in [0.5, 0.6) is 0 Å². The summed E-state index contributed by atoms with van der Waals surface area (Å²) in [5, 5.41) is 0. The Morgan fingerprint density at radius 3 is 1.88 bits per heavy atom. The molecular formula is C29H46O3Sn. The van der Waals surface area contributed by atoms with E-state index >= 15 is 0 Å². The second-order valence-corrected chi connectivity index (χ2v) is 23.0. The van der Waals surface area contributed by atoms with E-state index in [0.717, 1.165) is 18.4 Å². The molecule has 0 spiro atoms. The zero-order valence-electron chi connectivity index (χ0n) is 21.8. The van der Waals surface area contributed by atoms with Gasteiger partial charge in [-0.25, -0.2) is 0 Å². The van der Waals surface area contributed by atoms with Gasteiger partial charge in [0.05, 0.1) is 0 Å². The van der Waals surface area contributed by atoms with Crippen LogP contribution in [0.15, 0.2) is 39.5 Å². The predicted octanol–water partition coefficient (Wildman–Crippen LogP) is 8.31. The second kappa shape index (κ2) is 13.7. The molecule has 184 valence electrons. The second-order valence-electron chi connectivity index (χ2n) is 9.72. The summed E-state index contributed by atoms with van der Waals surface area (Å²) in [4.78, 5) is 27.7. The standard InChI is InChI=1S/C17H19O3.3C4H9.Sn/c1-3-14-11-8-12-17(14,16(19)20-4-2)15(18)13-9-6-5-7-10-13;3*1-3-4-2;/h5-7,9-10H,3-4,8,12H2,1-2H3;3*1,3-4H2,2H3;. The average molecular weight is 561 g/mol. The van der Waals surface area contributed by atoms with Gasteiger partial charge in [-0.3, -0.25) is 0 Å². The number of hydrogen-bond donors (Lipinski definition) is 0. The van der Waals surface area contributed by atoms with Crippen molar-refractivity contribution in [2.75, 3.05) is 6.61 Å². The number of benzene rings is 1. The van der Waals surface area contributed by atoms with Crippen molar-refractivity contribution in [3.8, 4) is 0 Å². The molecule has 33 heavy (non-hydrogen) atoms. The van der Waals surface area contributed by atoms with Crippen LogP contribution >= 0.6 is 0 Å². The maximum absolute atomic E-state index is 14.1. The van der Waals surface area contributed by atoms with E-state index in [1.807, 2.05) is 37.3 Å². The van der Waals surface area contributed by atoms with Gasteiger partial charge in [-0.05, 0) is 0 Å². The van der Waals surface area contributed by atoms with Crippen molar-refractivity contribution in [1.29, 1.82) is 0 Å². The minimum absolute atomic E-state index is 0.0462. The van der Waals surface area contributed by atoms with Gasteiger partial charge in [-0.1, -0.05) is 0 Å². The Hall–Kier alpha value is -1.10. The number of unbranched alkanes of at least 4 members (excludes halogenated alkanes) is 3. The van der Waals surface area contributed by atoms with Crippen molar-refractivity contribution in [1.82, 2.24) is 0 Å². The average Bonchev–Trinajstić information content (AvgIpc) is 3.25. The molecule has 0 amide bonds. The van der Waals surface area contributed by atoms with Crippen LogP contribution in [-0.2, 0) is 9.53 Å². The third-order valence-electron chi connectivity index (χ3n) is 7.70. The van der Waals surface area contributed by atoms with Crippen molar-refractivity contribution >= 4 is 30.1 Å². The monoisotopic (exact) mass is 562 g/mol. The number of carbonyl (C=O) groups is 2. The maximum atomic E-state index is 14.1. The molecule has 0 heterocycles. The molecule has 3 nitrogen and oxygen atoms in total. The van der Waals surface area contributed by atoms with Crippen LogP contribution in [0.1, 0.15) is 103 Å². The summed E-state index contributed by atoms with van der Waals surface area (Å²) in [6.07, 6.45) is 9.80. The Morgan fingerprint density at radius 1 is 0.879 bits per heavy atom. The topological polar surface area (TPSA) is 43.4 Å². The van der Waals surface area contributed by atoms with Gasteiger partial charge < -0.3 is 0 Å². The van der Waals surface area contributed by atoms with E-state index in [0.29, 0.717) is 18.6 Å². The van der Waals surface area contributed by atoms with Crippen molar-refractivity contribution in [3.63, 3.8) is 0 Å². The molecule has 1 atom stereocenters. The first kappa shape index (κ1) is 28.1. The van der Waals surface area contributed by atoms with Crippen molar-refractivity contribution in [2.45, 2.75) is 106 Å². The number of carbonyl (C=O) groups excluding carboxylic acids is 2. The van der Waals surface area contributed by atoms with Crippen molar-refractivity contribution in [2.24, 2.45) is 5.41 Å². The van der Waals surface area contributed by atoms with Crippen LogP contribution in [0.25, 0.3) is 0 Å². The Bertz CT molecular complexity index is 777. The molecule has 0 aromatic heterocycles. The number of ketones is 1. The van der Waals surface area contributed by atoms with Crippen LogP contribution < -0.4 is 0 Å². The minimum atomic E-state index is -2.76. The molecule has 0 saturated carbocycles. The van der Waals surface area contributed by atoms with Crippen molar-refractivity contribution in [3.05, 3.63) is 45.1 Å². The van der Waals surface area contributed by atoms with Gasteiger partial charge in [0.2, 0.25) is 0 Å². The number of ether oxygens (including phenoxy) is 1. The Kier molecular flexibility index (Phi) is 11.7. The molecule has 1 aromatic rings. The molecule has 0 saturated heterocycles. The van der Waals surface area contributed by atoms with E-state index in [9.17, 15) is 9.59 Å². The molecule has 1 aromatic carbocycles. The summed E-state index contributed by atoms with van der Waals surface area (Å²) in [7, 11) is 0. The van der Waals surface area contributed by atoms with Gasteiger partial charge >= 0.3 is 207 Å². The molecule has 0 aliphatic heterocycles. The summed E-state index contributed by atoms with van der Waals surface area (Å²) < 4.78 is 11.4. The molecule has 1 aliphatic rings. The molecule has 0 N–H and O–H groups in total. The quantitative estimate of drug-likeness (QED) is 0.0937. The van der Waals surface area contributed by atoms with Crippen molar-refractivity contribution < 1.29 is 14.3 Å². The van der Waals surface area contributed by atoms with Gasteiger partial charge in [0, 0.05) is 0 Å². The fraction of sp³-hybridized carbons (Fsp3) is 0.655. The number of allylic oxidation sites excluding steroid dienone is 1. The predicted molar refractivity (Wildman–Crippen MR) is 141 cm³/mol. The molecule has 0 radical (unpaired) electrons. The third-order valence-corrected chi connectivity index (χ3v) is 24.1. The fourth-order valence-corrected chi connectivity index (χ4v) is 24.4. The van der Waals surface area contributed by atoms with E-state index in [1.54, 1.807) is 3.59 Å². The normalized spacial score (nSPS) is 18.6. The first-order chi connectivity index (χ1) is 16.0. The van der Waals surface area contributed by atoms with Crippen LogP contribution in [0, 0.1) is 5.41 Å². The summed E-state index contributed by atoms with van der Waals surface area (Å²) in [5.74, 6) is -0.359. The molecule has 0 bridgehead atoms. The van der Waals surface area contributed by atoms with Crippen LogP contribution in [0.3, 0.4) is 0 Å². The zero-order valence-corrected chi connectivity index (χ0v) is 24.7. The summed E-state index contributed by atoms with van der Waals surface area (Å²) in [6.45, 7) is 11.2. The van der Waals surface area contributed by atoms with Crippen LogP contribution in [-0.4, -0.2) is 36.7 Å². The Labute approximate surface area is 206 Å². The summed E-state index contributed by atoms with van der Waals surface area (Å²) >= 11 is -2.76. The number of Topliss-reactive ketones (excluding diaryl/α,β-unsaturated/α-hetero) is 1. The number of hydrogen-bond acceptors (Lipinski definition) is 3. The van der Waals surface area contributed by atoms with Gasteiger partial charge in [-0.15, -0.1) is 0 Å². The van der Waals surface area contributed by atoms with E-state index in [2.05, 4.69) is 27.7 Å². The van der Waals surface area contributed by atoms with Gasteiger partial charge in [0.25, 0.3) is 0 Å². The fourth-order valence-electron chi connectivity index (χ4n) is 6.00. The SMILES string of the molecule is CCC[CH2][Sn]([CH2]CCC)([CH2]CCC)[C]1=C(CC)C(C(=O)OCC)(C(=O)c2ccccc2)CC1. The Balaban J connectivity index is 2.72.